The highest BCUT2D eigenvalue weighted by atomic mass is 16.4. The van der Waals surface area contributed by atoms with Crippen LogP contribution in [0.5, 0.6) is 0 Å². The molecule has 1 amide bonds. The second kappa shape index (κ2) is 5.16. The number of carboxylic acids is 1. The average Bonchev–Trinajstić information content (AvgIpc) is 2.74. The second-order valence-corrected chi connectivity index (χ2v) is 4.45. The van der Waals surface area contributed by atoms with Crippen LogP contribution < -0.4 is 5.32 Å². The Labute approximate surface area is 104 Å². The van der Waals surface area contributed by atoms with Crippen LogP contribution in [0, 0.1) is 18.8 Å². The molecule has 7 nitrogen and oxygen atoms in total. The van der Waals surface area contributed by atoms with Gasteiger partial charge in [-0.05, 0) is 12.8 Å². The highest BCUT2D eigenvalue weighted by Crippen LogP contribution is 2.31. The van der Waals surface area contributed by atoms with Gasteiger partial charge in [0.15, 0.2) is 0 Å². The number of rotatable bonds is 3. The molecule has 0 aromatic carbocycles. The van der Waals surface area contributed by atoms with Crippen LogP contribution >= 0.6 is 0 Å². The number of aromatic nitrogens is 2. The third kappa shape index (κ3) is 2.66. The van der Waals surface area contributed by atoms with Crippen LogP contribution in [0.25, 0.3) is 0 Å². The highest BCUT2D eigenvalue weighted by Gasteiger charge is 2.36. The van der Waals surface area contributed by atoms with Crippen molar-refractivity contribution in [3.05, 3.63) is 5.89 Å². The number of nitrogens with zero attached hydrogens (tertiary/aromatic N) is 2. The Balaban J connectivity index is 2.04. The Bertz CT molecular complexity index is 457. The van der Waals surface area contributed by atoms with Crippen molar-refractivity contribution in [3.8, 4) is 0 Å². The van der Waals surface area contributed by atoms with Gasteiger partial charge in [0.05, 0.1) is 11.8 Å². The van der Waals surface area contributed by atoms with Crippen LogP contribution in [0.1, 0.15) is 31.6 Å². The monoisotopic (exact) mass is 253 g/mol. The summed E-state index contributed by atoms with van der Waals surface area (Å²) in [5.74, 6) is -2.07. The summed E-state index contributed by atoms with van der Waals surface area (Å²) < 4.78 is 5.04. The molecule has 1 saturated carbocycles. The molecule has 0 bridgehead atoms. The predicted octanol–water partition coefficient (Wildman–Crippen LogP) is 1.21. The normalized spacial score (nSPS) is 23.6. The van der Waals surface area contributed by atoms with E-state index in [4.69, 9.17) is 9.52 Å². The first-order chi connectivity index (χ1) is 8.58. The number of carbonyl (C=O) groups excluding carboxylic acids is 1. The lowest BCUT2D eigenvalue weighted by Gasteiger charge is -2.26. The maximum Gasteiger partial charge on any atom is 0.322 e. The largest absolute Gasteiger partial charge is 0.481 e. The van der Waals surface area contributed by atoms with E-state index in [0.29, 0.717) is 18.7 Å². The number of hydrogen-bond donors (Lipinski definition) is 2. The van der Waals surface area contributed by atoms with Gasteiger partial charge in [0.25, 0.3) is 0 Å². The lowest BCUT2D eigenvalue weighted by Crippen LogP contribution is -2.36. The van der Waals surface area contributed by atoms with E-state index < -0.39 is 17.8 Å². The lowest BCUT2D eigenvalue weighted by atomic mass is 9.79. The molecule has 2 unspecified atom stereocenters. The molecule has 0 saturated heterocycles. The first-order valence-electron chi connectivity index (χ1n) is 5.91. The minimum Gasteiger partial charge on any atom is -0.481 e. The fourth-order valence-corrected chi connectivity index (χ4v) is 2.29. The third-order valence-corrected chi connectivity index (χ3v) is 3.18. The molecule has 2 atom stereocenters. The molecule has 1 aromatic rings. The summed E-state index contributed by atoms with van der Waals surface area (Å²) in [6.45, 7) is 1.61. The van der Waals surface area contributed by atoms with Gasteiger partial charge < -0.3 is 9.52 Å². The zero-order valence-electron chi connectivity index (χ0n) is 10.0. The van der Waals surface area contributed by atoms with Crippen molar-refractivity contribution in [2.24, 2.45) is 11.8 Å². The first-order valence-corrected chi connectivity index (χ1v) is 5.91. The number of aliphatic carboxylic acids is 1. The highest BCUT2D eigenvalue weighted by molar-refractivity contribution is 5.93. The van der Waals surface area contributed by atoms with Crippen LogP contribution in [0.4, 0.5) is 6.01 Å². The van der Waals surface area contributed by atoms with Gasteiger partial charge in [0.1, 0.15) is 0 Å². The van der Waals surface area contributed by atoms with Crippen molar-refractivity contribution in [3.63, 3.8) is 0 Å². The molecular weight excluding hydrogens is 238 g/mol. The van der Waals surface area contributed by atoms with E-state index in [1.807, 2.05) is 0 Å². The average molecular weight is 253 g/mol. The fraction of sp³-hybridized carbons (Fsp3) is 0.636. The van der Waals surface area contributed by atoms with Gasteiger partial charge in [-0.15, -0.1) is 5.10 Å². The molecule has 1 aliphatic rings. The molecular formula is C11H15N3O4. The summed E-state index contributed by atoms with van der Waals surface area (Å²) in [5.41, 5.74) is 0. The third-order valence-electron chi connectivity index (χ3n) is 3.18. The molecule has 0 aliphatic heterocycles. The maximum atomic E-state index is 12.0. The van der Waals surface area contributed by atoms with Crippen molar-refractivity contribution in [1.29, 1.82) is 0 Å². The van der Waals surface area contributed by atoms with E-state index in [1.165, 1.54) is 0 Å². The van der Waals surface area contributed by atoms with Crippen molar-refractivity contribution in [1.82, 2.24) is 10.2 Å². The van der Waals surface area contributed by atoms with E-state index in [0.717, 1.165) is 12.8 Å². The van der Waals surface area contributed by atoms with Crippen LogP contribution in [-0.4, -0.2) is 27.2 Å². The molecule has 1 fully saturated rings. The minimum atomic E-state index is -0.920. The van der Waals surface area contributed by atoms with Gasteiger partial charge in [-0.3, -0.25) is 14.9 Å². The van der Waals surface area contributed by atoms with Crippen LogP contribution in [0.15, 0.2) is 4.42 Å². The zero-order valence-corrected chi connectivity index (χ0v) is 10.0. The van der Waals surface area contributed by atoms with Gasteiger partial charge in [-0.25, -0.2) is 0 Å². The van der Waals surface area contributed by atoms with Gasteiger partial charge >= 0.3 is 12.0 Å². The van der Waals surface area contributed by atoms with Crippen molar-refractivity contribution in [2.75, 3.05) is 5.32 Å². The Hall–Kier alpha value is -1.92. The Morgan fingerprint density at radius 3 is 2.50 bits per heavy atom. The van der Waals surface area contributed by atoms with Gasteiger partial charge in [-0.1, -0.05) is 17.9 Å². The Morgan fingerprint density at radius 2 is 1.94 bits per heavy atom. The molecule has 0 spiro atoms. The topological polar surface area (TPSA) is 105 Å². The van der Waals surface area contributed by atoms with Crippen LogP contribution in [-0.2, 0) is 9.59 Å². The molecule has 0 radical (unpaired) electrons. The number of hydrogen-bond acceptors (Lipinski definition) is 5. The smallest absolute Gasteiger partial charge is 0.322 e. The summed E-state index contributed by atoms with van der Waals surface area (Å²) in [5, 5.41) is 18.8. The van der Waals surface area contributed by atoms with Gasteiger partial charge in [0.2, 0.25) is 11.8 Å². The lowest BCUT2D eigenvalue weighted by molar-refractivity contribution is -0.147. The number of carboxylic acid groups (broad SMARTS) is 1. The Morgan fingerprint density at radius 1 is 1.28 bits per heavy atom. The van der Waals surface area contributed by atoms with Gasteiger partial charge in [-0.2, -0.15) is 0 Å². The van der Waals surface area contributed by atoms with Gasteiger partial charge in [0, 0.05) is 6.92 Å². The standard InChI is InChI=1S/C11H15N3O4/c1-6-13-14-11(18-6)12-9(15)7-4-2-3-5-8(7)10(16)17/h7-8H,2-5H2,1H3,(H,16,17)(H,12,14,15). The number of aryl methyl sites for hydroxylation is 1. The van der Waals surface area contributed by atoms with Crippen LogP contribution in [0.3, 0.4) is 0 Å². The predicted molar refractivity (Wildman–Crippen MR) is 60.7 cm³/mol. The quantitative estimate of drug-likeness (QED) is 0.838. The van der Waals surface area contributed by atoms with E-state index in [1.54, 1.807) is 6.92 Å². The molecule has 2 N–H and O–H groups in total. The van der Waals surface area contributed by atoms with Crippen LogP contribution in [0.2, 0.25) is 0 Å². The van der Waals surface area contributed by atoms with E-state index >= 15 is 0 Å². The van der Waals surface area contributed by atoms with E-state index in [-0.39, 0.29) is 11.9 Å². The van der Waals surface area contributed by atoms with E-state index in [2.05, 4.69) is 15.5 Å². The summed E-state index contributed by atoms with van der Waals surface area (Å²) in [6.07, 6.45) is 2.83. The first kappa shape index (κ1) is 12.5. The Kier molecular flexibility index (Phi) is 3.59. The zero-order chi connectivity index (χ0) is 13.1. The fourth-order valence-electron chi connectivity index (χ4n) is 2.29. The second-order valence-electron chi connectivity index (χ2n) is 4.45. The minimum absolute atomic E-state index is 0.0206. The number of amides is 1. The summed E-state index contributed by atoms with van der Waals surface area (Å²) in [6, 6.07) is 0.0206. The number of nitrogens with one attached hydrogen (secondary N) is 1. The van der Waals surface area contributed by atoms with E-state index in [9.17, 15) is 9.59 Å². The van der Waals surface area contributed by atoms with Crippen molar-refractivity contribution in [2.45, 2.75) is 32.6 Å². The molecule has 7 heteroatoms. The number of anilines is 1. The number of carbonyl (C=O) groups is 2. The SMILES string of the molecule is Cc1nnc(NC(=O)C2CCCCC2C(=O)O)o1. The summed E-state index contributed by atoms with van der Waals surface area (Å²) in [4.78, 5) is 23.1. The molecule has 1 aromatic heterocycles. The summed E-state index contributed by atoms with van der Waals surface area (Å²) in [7, 11) is 0. The molecule has 2 rings (SSSR count). The molecule has 1 aliphatic carbocycles. The summed E-state index contributed by atoms with van der Waals surface area (Å²) >= 11 is 0. The van der Waals surface area contributed by atoms with Crippen molar-refractivity contribution >= 4 is 17.9 Å². The van der Waals surface area contributed by atoms with Crippen molar-refractivity contribution < 1.29 is 19.1 Å². The maximum absolute atomic E-state index is 12.0. The molecule has 18 heavy (non-hydrogen) atoms. The molecule has 98 valence electrons. The molecule has 1 heterocycles.